The lowest BCUT2D eigenvalue weighted by molar-refractivity contribution is 0.444. The van der Waals surface area contributed by atoms with Crippen LogP contribution < -0.4 is 0 Å². The fraction of sp³-hybridized carbons (Fsp3) is 0.125. The molecule has 0 bridgehead atoms. The number of hydrogen-bond acceptors (Lipinski definition) is 2. The molecule has 1 aromatic heterocycles. The zero-order valence-electron chi connectivity index (χ0n) is 12.5. The van der Waals surface area contributed by atoms with Crippen LogP contribution in [0, 0.1) is 30.2 Å². The van der Waals surface area contributed by atoms with Gasteiger partial charge in [0.1, 0.15) is 0 Å². The van der Waals surface area contributed by atoms with Gasteiger partial charge in [-0.25, -0.2) is 27.2 Å². The summed E-state index contributed by atoms with van der Waals surface area (Å²) in [7, 11) is 1.48. The second-order valence-corrected chi connectivity index (χ2v) is 5.55. The van der Waals surface area contributed by atoms with Gasteiger partial charge in [0.05, 0.1) is 10.6 Å². The molecule has 3 rings (SSSR count). The number of benzene rings is 2. The molecule has 0 amide bonds. The van der Waals surface area contributed by atoms with Gasteiger partial charge in [0.15, 0.2) is 34.9 Å². The molecule has 0 aliphatic carbocycles. The minimum absolute atomic E-state index is 0.00274. The van der Waals surface area contributed by atoms with Crippen molar-refractivity contribution in [2.75, 3.05) is 0 Å². The van der Waals surface area contributed by atoms with Gasteiger partial charge in [-0.3, -0.25) is 0 Å². The van der Waals surface area contributed by atoms with Crippen LogP contribution in [0.5, 0.6) is 0 Å². The Balaban J connectivity index is 2.19. The van der Waals surface area contributed by atoms with Crippen molar-refractivity contribution < 1.29 is 17.6 Å². The van der Waals surface area contributed by atoms with Gasteiger partial charge in [0.2, 0.25) is 0 Å². The first-order valence-corrected chi connectivity index (χ1v) is 7.19. The van der Waals surface area contributed by atoms with Gasteiger partial charge in [0.25, 0.3) is 0 Å². The molecule has 3 nitrogen and oxygen atoms in total. The fourth-order valence-corrected chi connectivity index (χ4v) is 2.50. The molecule has 0 unspecified atom stereocenters. The van der Waals surface area contributed by atoms with E-state index in [1.807, 2.05) is 0 Å². The van der Waals surface area contributed by atoms with E-state index in [1.54, 1.807) is 0 Å². The molecule has 0 spiro atoms. The van der Waals surface area contributed by atoms with Crippen molar-refractivity contribution in [2.24, 2.45) is 7.05 Å². The average Bonchev–Trinajstić information content (AvgIpc) is 2.93. The maximum absolute atomic E-state index is 14.1. The minimum Gasteiger partial charge on any atom is -0.248 e. The van der Waals surface area contributed by atoms with Gasteiger partial charge in [-0.2, -0.15) is 5.10 Å². The van der Waals surface area contributed by atoms with Crippen LogP contribution in [-0.4, -0.2) is 14.8 Å². The summed E-state index contributed by atoms with van der Waals surface area (Å²) in [6.45, 7) is 1.29. The largest absolute Gasteiger partial charge is 0.248 e. The van der Waals surface area contributed by atoms with E-state index in [0.717, 1.165) is 6.07 Å². The van der Waals surface area contributed by atoms with Crippen LogP contribution in [0.1, 0.15) is 5.56 Å². The lowest BCUT2D eigenvalue weighted by atomic mass is 10.1. The van der Waals surface area contributed by atoms with Crippen molar-refractivity contribution in [2.45, 2.75) is 6.92 Å². The van der Waals surface area contributed by atoms with Crippen molar-refractivity contribution in [1.29, 1.82) is 0 Å². The van der Waals surface area contributed by atoms with Crippen molar-refractivity contribution in [3.8, 4) is 22.8 Å². The molecule has 0 atom stereocenters. The Morgan fingerprint density at radius 2 is 1.71 bits per heavy atom. The van der Waals surface area contributed by atoms with E-state index in [9.17, 15) is 17.6 Å². The molecule has 0 aliphatic heterocycles. The van der Waals surface area contributed by atoms with Crippen LogP contribution in [-0.2, 0) is 7.05 Å². The molecule has 8 heteroatoms. The van der Waals surface area contributed by atoms with Crippen LogP contribution in [0.3, 0.4) is 0 Å². The first-order valence-electron chi connectivity index (χ1n) is 6.81. The van der Waals surface area contributed by atoms with Crippen LogP contribution in [0.15, 0.2) is 24.3 Å². The molecular formula is C16H10ClF4N3. The van der Waals surface area contributed by atoms with Gasteiger partial charge in [-0.05, 0) is 30.7 Å². The number of nitrogens with zero attached hydrogens (tertiary/aromatic N) is 3. The zero-order chi connectivity index (χ0) is 17.6. The Kier molecular flexibility index (Phi) is 4.04. The van der Waals surface area contributed by atoms with Gasteiger partial charge >= 0.3 is 0 Å². The highest BCUT2D eigenvalue weighted by atomic mass is 35.5. The molecular weight excluding hydrogens is 346 g/mol. The van der Waals surface area contributed by atoms with Gasteiger partial charge in [-0.1, -0.05) is 17.7 Å². The molecule has 0 saturated carbocycles. The number of aryl methyl sites for hydroxylation is 1. The average molecular weight is 356 g/mol. The standard InChI is InChI=1S/C16H10ClF4N3/c1-7-9(6-11(18)14(21)12(7)19)16-22-15(23-24(16)2)8-4-3-5-10(17)13(8)20/h3-6H,1-2H3. The molecule has 0 fully saturated rings. The van der Waals surface area contributed by atoms with E-state index in [1.165, 1.54) is 36.9 Å². The third-order valence-electron chi connectivity index (χ3n) is 3.60. The maximum Gasteiger partial charge on any atom is 0.194 e. The second kappa shape index (κ2) is 5.90. The summed E-state index contributed by atoms with van der Waals surface area (Å²) in [5.74, 6) is -4.84. The molecule has 1 heterocycles. The van der Waals surface area contributed by atoms with Crippen molar-refractivity contribution >= 4 is 11.6 Å². The molecule has 24 heavy (non-hydrogen) atoms. The van der Waals surface area contributed by atoms with Crippen LogP contribution in [0.2, 0.25) is 5.02 Å². The molecule has 124 valence electrons. The van der Waals surface area contributed by atoms with Gasteiger partial charge in [-0.15, -0.1) is 0 Å². The second-order valence-electron chi connectivity index (χ2n) is 5.14. The van der Waals surface area contributed by atoms with E-state index in [2.05, 4.69) is 10.1 Å². The summed E-state index contributed by atoms with van der Waals surface area (Å²) in [4.78, 5) is 4.12. The molecule has 0 radical (unpaired) electrons. The SMILES string of the molecule is Cc1c(-c2nc(-c3cccc(Cl)c3F)nn2C)cc(F)c(F)c1F. The lowest BCUT2D eigenvalue weighted by Crippen LogP contribution is -2.01. The summed E-state index contributed by atoms with van der Waals surface area (Å²) in [5, 5.41) is 3.95. The normalized spacial score (nSPS) is 11.1. The molecule has 0 saturated heterocycles. The summed E-state index contributed by atoms with van der Waals surface area (Å²) >= 11 is 5.73. The van der Waals surface area contributed by atoms with E-state index < -0.39 is 23.3 Å². The first-order chi connectivity index (χ1) is 11.3. The van der Waals surface area contributed by atoms with Crippen LogP contribution in [0.4, 0.5) is 17.6 Å². The number of halogens is 5. The van der Waals surface area contributed by atoms with Crippen LogP contribution in [0.25, 0.3) is 22.8 Å². The fourth-order valence-electron chi connectivity index (χ4n) is 2.33. The van der Waals surface area contributed by atoms with Gasteiger partial charge < -0.3 is 0 Å². The molecule has 3 aromatic rings. The molecule has 0 N–H and O–H groups in total. The Labute approximate surface area is 139 Å². The Bertz CT molecular complexity index is 953. The van der Waals surface area contributed by atoms with E-state index in [-0.39, 0.29) is 33.4 Å². The predicted octanol–water partition coefficient (Wildman–Crippen LogP) is 4.67. The predicted molar refractivity (Wildman–Crippen MR) is 81.5 cm³/mol. The van der Waals surface area contributed by atoms with Crippen LogP contribution >= 0.6 is 11.6 Å². The zero-order valence-corrected chi connectivity index (χ0v) is 13.3. The number of rotatable bonds is 2. The third kappa shape index (κ3) is 2.54. The van der Waals surface area contributed by atoms with E-state index in [4.69, 9.17) is 11.6 Å². The topological polar surface area (TPSA) is 30.7 Å². The Hall–Kier alpha value is -2.41. The minimum atomic E-state index is -1.56. The van der Waals surface area contributed by atoms with E-state index in [0.29, 0.717) is 0 Å². The van der Waals surface area contributed by atoms with Gasteiger partial charge in [0, 0.05) is 12.6 Å². The monoisotopic (exact) mass is 355 g/mol. The first kappa shape index (κ1) is 16.4. The number of aromatic nitrogens is 3. The molecule has 0 aliphatic rings. The summed E-state index contributed by atoms with van der Waals surface area (Å²) in [6, 6.07) is 5.16. The molecule has 2 aromatic carbocycles. The smallest absolute Gasteiger partial charge is 0.194 e. The maximum atomic E-state index is 14.1. The van der Waals surface area contributed by atoms with Crippen molar-refractivity contribution in [1.82, 2.24) is 14.8 Å². The van der Waals surface area contributed by atoms with Crippen molar-refractivity contribution in [3.63, 3.8) is 0 Å². The summed E-state index contributed by atoms with van der Waals surface area (Å²) in [6.07, 6.45) is 0. The number of hydrogen-bond donors (Lipinski definition) is 0. The Morgan fingerprint density at radius 3 is 2.42 bits per heavy atom. The quantitative estimate of drug-likeness (QED) is 0.494. The third-order valence-corrected chi connectivity index (χ3v) is 3.90. The highest BCUT2D eigenvalue weighted by Gasteiger charge is 2.21. The summed E-state index contributed by atoms with van der Waals surface area (Å²) in [5.41, 5.74) is -0.0531. The Morgan fingerprint density at radius 1 is 1.00 bits per heavy atom. The summed E-state index contributed by atoms with van der Waals surface area (Å²) < 4.78 is 55.9. The highest BCUT2D eigenvalue weighted by molar-refractivity contribution is 6.31. The van der Waals surface area contributed by atoms with E-state index >= 15 is 0 Å². The van der Waals surface area contributed by atoms with Crippen molar-refractivity contribution in [3.05, 3.63) is 58.1 Å². The lowest BCUT2D eigenvalue weighted by Gasteiger charge is -2.07. The highest BCUT2D eigenvalue weighted by Crippen LogP contribution is 2.30.